The van der Waals surface area contributed by atoms with Crippen LogP contribution in [0.25, 0.3) is 0 Å². The normalized spacial score (nSPS) is 11.0. The number of nitrogens with zero attached hydrogens (tertiary/aromatic N) is 1. The lowest BCUT2D eigenvalue weighted by Crippen LogP contribution is -2.15. The van der Waals surface area contributed by atoms with E-state index in [2.05, 4.69) is 26.7 Å². The second-order valence-electron chi connectivity index (χ2n) is 5.11. The molecule has 0 unspecified atom stereocenters. The van der Waals surface area contributed by atoms with E-state index in [4.69, 9.17) is 5.26 Å². The van der Waals surface area contributed by atoms with Crippen LogP contribution in [0.5, 0.6) is 0 Å². The molecule has 6 heteroatoms. The molecular formula is C16H15BrN2O2S. The molecule has 0 heterocycles. The summed E-state index contributed by atoms with van der Waals surface area (Å²) < 4.78 is 27.6. The van der Waals surface area contributed by atoms with Crippen LogP contribution in [0.3, 0.4) is 0 Å². The molecule has 2 aromatic rings. The molecule has 114 valence electrons. The molecule has 0 saturated heterocycles. The molecule has 2 aromatic carbocycles. The number of aryl methyl sites for hydroxylation is 2. The van der Waals surface area contributed by atoms with Crippen LogP contribution in [0.15, 0.2) is 40.9 Å². The SMILES string of the molecule is Cc1ccc(CS(=O)(=O)Nc2cc(C)c(C#N)c(Br)c2)cc1. The van der Waals surface area contributed by atoms with E-state index in [-0.39, 0.29) is 5.75 Å². The zero-order valence-corrected chi connectivity index (χ0v) is 14.6. The van der Waals surface area contributed by atoms with Gasteiger partial charge in [0.15, 0.2) is 0 Å². The van der Waals surface area contributed by atoms with Gasteiger partial charge in [-0.25, -0.2) is 8.42 Å². The second kappa shape index (κ2) is 6.51. The number of halogens is 1. The van der Waals surface area contributed by atoms with Gasteiger partial charge in [-0.2, -0.15) is 5.26 Å². The van der Waals surface area contributed by atoms with Crippen LogP contribution < -0.4 is 4.72 Å². The van der Waals surface area contributed by atoms with E-state index in [1.54, 1.807) is 31.2 Å². The molecule has 0 fully saturated rings. The molecule has 0 spiro atoms. The first-order valence-electron chi connectivity index (χ1n) is 6.57. The molecule has 0 amide bonds. The summed E-state index contributed by atoms with van der Waals surface area (Å²) in [5.41, 5.74) is 3.46. The number of sulfonamides is 1. The largest absolute Gasteiger partial charge is 0.283 e. The van der Waals surface area contributed by atoms with Crippen LogP contribution in [0.4, 0.5) is 5.69 Å². The lowest BCUT2D eigenvalue weighted by molar-refractivity contribution is 0.600. The van der Waals surface area contributed by atoms with Gasteiger partial charge in [-0.1, -0.05) is 29.8 Å². The fourth-order valence-electron chi connectivity index (χ4n) is 2.06. The highest BCUT2D eigenvalue weighted by atomic mass is 79.9. The Morgan fingerprint density at radius 1 is 1.18 bits per heavy atom. The number of hydrogen-bond donors (Lipinski definition) is 1. The molecule has 0 saturated carbocycles. The van der Waals surface area contributed by atoms with E-state index in [0.717, 1.165) is 11.1 Å². The van der Waals surface area contributed by atoms with Crippen molar-refractivity contribution in [2.24, 2.45) is 0 Å². The molecule has 2 rings (SSSR count). The number of benzene rings is 2. The van der Waals surface area contributed by atoms with Crippen molar-refractivity contribution in [3.63, 3.8) is 0 Å². The molecule has 0 aromatic heterocycles. The van der Waals surface area contributed by atoms with Crippen LogP contribution in [-0.2, 0) is 15.8 Å². The fraction of sp³-hybridized carbons (Fsp3) is 0.188. The Kier molecular flexibility index (Phi) is 4.89. The zero-order chi connectivity index (χ0) is 16.3. The minimum Gasteiger partial charge on any atom is -0.283 e. The highest BCUT2D eigenvalue weighted by Gasteiger charge is 2.14. The molecule has 0 aliphatic rings. The fourth-order valence-corrected chi connectivity index (χ4v) is 3.89. The number of nitrogens with one attached hydrogen (secondary N) is 1. The third-order valence-electron chi connectivity index (χ3n) is 3.15. The van der Waals surface area contributed by atoms with Crippen molar-refractivity contribution in [2.75, 3.05) is 4.72 Å². The minimum absolute atomic E-state index is 0.0933. The van der Waals surface area contributed by atoms with Crippen molar-refractivity contribution < 1.29 is 8.42 Å². The molecular weight excluding hydrogens is 364 g/mol. The van der Waals surface area contributed by atoms with Crippen molar-refractivity contribution in [1.82, 2.24) is 0 Å². The van der Waals surface area contributed by atoms with E-state index in [0.29, 0.717) is 21.3 Å². The van der Waals surface area contributed by atoms with Gasteiger partial charge in [0.2, 0.25) is 10.0 Å². The number of rotatable bonds is 4. The second-order valence-corrected chi connectivity index (χ2v) is 7.69. The van der Waals surface area contributed by atoms with Gasteiger partial charge in [-0.05, 0) is 53.0 Å². The molecule has 22 heavy (non-hydrogen) atoms. The number of nitriles is 1. The van der Waals surface area contributed by atoms with Crippen LogP contribution in [0, 0.1) is 25.2 Å². The standard InChI is InChI=1S/C16H15BrN2O2S/c1-11-3-5-13(6-4-11)10-22(20,21)19-14-7-12(2)15(9-18)16(17)8-14/h3-8,19H,10H2,1-2H3. The lowest BCUT2D eigenvalue weighted by Gasteiger charge is -2.11. The van der Waals surface area contributed by atoms with Crippen LogP contribution >= 0.6 is 15.9 Å². The average Bonchev–Trinajstić information content (AvgIpc) is 2.40. The topological polar surface area (TPSA) is 70.0 Å². The van der Waals surface area contributed by atoms with Crippen molar-refractivity contribution in [3.05, 3.63) is 63.1 Å². The first kappa shape index (κ1) is 16.5. The van der Waals surface area contributed by atoms with E-state index < -0.39 is 10.0 Å². The van der Waals surface area contributed by atoms with Gasteiger partial charge < -0.3 is 0 Å². The van der Waals surface area contributed by atoms with Crippen LogP contribution in [0.1, 0.15) is 22.3 Å². The molecule has 0 aliphatic carbocycles. The predicted octanol–water partition coefficient (Wildman–Crippen LogP) is 3.88. The van der Waals surface area contributed by atoms with Crippen molar-refractivity contribution in [2.45, 2.75) is 19.6 Å². The molecule has 1 N–H and O–H groups in total. The highest BCUT2D eigenvalue weighted by Crippen LogP contribution is 2.25. The van der Waals surface area contributed by atoms with Gasteiger partial charge in [0.1, 0.15) is 6.07 Å². The Bertz CT molecular complexity index is 814. The first-order chi connectivity index (χ1) is 10.3. The molecule has 0 atom stereocenters. The smallest absolute Gasteiger partial charge is 0.236 e. The van der Waals surface area contributed by atoms with Crippen molar-refractivity contribution in [3.8, 4) is 6.07 Å². The van der Waals surface area contributed by atoms with E-state index >= 15 is 0 Å². The van der Waals surface area contributed by atoms with Crippen LogP contribution in [-0.4, -0.2) is 8.42 Å². The lowest BCUT2D eigenvalue weighted by atomic mass is 10.1. The molecule has 0 bridgehead atoms. The minimum atomic E-state index is -3.51. The monoisotopic (exact) mass is 378 g/mol. The number of anilines is 1. The quantitative estimate of drug-likeness (QED) is 0.877. The van der Waals surface area contributed by atoms with Gasteiger partial charge in [0.05, 0.1) is 11.3 Å². The summed E-state index contributed by atoms with van der Waals surface area (Å²) in [7, 11) is -3.51. The Morgan fingerprint density at radius 3 is 2.36 bits per heavy atom. The first-order valence-corrected chi connectivity index (χ1v) is 9.01. The summed E-state index contributed by atoms with van der Waals surface area (Å²) in [6.07, 6.45) is 0. The van der Waals surface area contributed by atoms with E-state index in [1.165, 1.54) is 0 Å². The van der Waals surface area contributed by atoms with E-state index in [1.807, 2.05) is 19.1 Å². The third-order valence-corrected chi connectivity index (χ3v) is 5.04. The summed E-state index contributed by atoms with van der Waals surface area (Å²) in [5, 5.41) is 9.02. The molecule has 0 radical (unpaired) electrons. The summed E-state index contributed by atoms with van der Waals surface area (Å²) in [5.74, 6) is -0.0933. The maximum atomic E-state index is 12.2. The zero-order valence-electron chi connectivity index (χ0n) is 12.2. The maximum Gasteiger partial charge on any atom is 0.236 e. The Balaban J connectivity index is 2.22. The summed E-state index contributed by atoms with van der Waals surface area (Å²) in [4.78, 5) is 0. The molecule has 4 nitrogen and oxygen atoms in total. The summed E-state index contributed by atoms with van der Waals surface area (Å²) in [6.45, 7) is 3.72. The predicted molar refractivity (Wildman–Crippen MR) is 91.0 cm³/mol. The van der Waals surface area contributed by atoms with Gasteiger partial charge in [-0.3, -0.25) is 4.72 Å². The van der Waals surface area contributed by atoms with Gasteiger partial charge >= 0.3 is 0 Å². The summed E-state index contributed by atoms with van der Waals surface area (Å²) in [6, 6.07) is 12.7. The Hall–Kier alpha value is -1.84. The van der Waals surface area contributed by atoms with E-state index in [9.17, 15) is 8.42 Å². The Morgan fingerprint density at radius 2 is 1.82 bits per heavy atom. The van der Waals surface area contributed by atoms with Crippen molar-refractivity contribution >= 4 is 31.6 Å². The van der Waals surface area contributed by atoms with Crippen molar-refractivity contribution in [1.29, 1.82) is 5.26 Å². The Labute approximate surface area is 139 Å². The molecule has 0 aliphatic heterocycles. The third kappa shape index (κ3) is 4.09. The number of hydrogen-bond acceptors (Lipinski definition) is 3. The summed E-state index contributed by atoms with van der Waals surface area (Å²) >= 11 is 3.28. The maximum absolute atomic E-state index is 12.2. The van der Waals surface area contributed by atoms with Gasteiger partial charge in [0, 0.05) is 10.2 Å². The van der Waals surface area contributed by atoms with Gasteiger partial charge in [0.25, 0.3) is 0 Å². The average molecular weight is 379 g/mol. The van der Waals surface area contributed by atoms with Crippen LogP contribution in [0.2, 0.25) is 0 Å². The highest BCUT2D eigenvalue weighted by molar-refractivity contribution is 9.10. The van der Waals surface area contributed by atoms with Gasteiger partial charge in [-0.15, -0.1) is 0 Å².